The van der Waals surface area contributed by atoms with Crippen LogP contribution in [0, 0.1) is 0 Å². The lowest BCUT2D eigenvalue weighted by Crippen LogP contribution is -2.03. The van der Waals surface area contributed by atoms with Crippen LogP contribution in [0.25, 0.3) is 0 Å². The molecule has 3 heteroatoms. The van der Waals surface area contributed by atoms with Gasteiger partial charge in [0.05, 0.1) is 18.3 Å². The smallest absolute Gasteiger partial charge is 0.335 e. The van der Waals surface area contributed by atoms with Crippen molar-refractivity contribution in [3.8, 4) is 0 Å². The topological polar surface area (TPSA) is 46.5 Å². The van der Waals surface area contributed by atoms with Crippen molar-refractivity contribution in [3.63, 3.8) is 0 Å². The summed E-state index contributed by atoms with van der Waals surface area (Å²) < 4.78 is 6.23. The molecule has 1 aliphatic rings. The standard InChI is InChI=1S/C24H22O3/c25-24(26)19-11-12-21-20(13-17-7-3-1-4-8-17)15-23(22(21)14-19)27-16-18-9-5-2-6-10-18/h1-12,14,20,23H,13,15-16H2,(H,25,26)/t20-,23?/m0/s1. The number of carboxylic acid groups (broad SMARTS) is 1. The molecular formula is C24H22O3. The van der Waals surface area contributed by atoms with E-state index in [4.69, 9.17) is 4.74 Å². The third-order valence-electron chi connectivity index (χ3n) is 5.24. The summed E-state index contributed by atoms with van der Waals surface area (Å²) in [5.74, 6) is -0.558. The van der Waals surface area contributed by atoms with Gasteiger partial charge in [-0.25, -0.2) is 4.79 Å². The van der Waals surface area contributed by atoms with E-state index in [9.17, 15) is 9.90 Å². The van der Waals surface area contributed by atoms with Crippen molar-refractivity contribution >= 4 is 5.97 Å². The average Bonchev–Trinajstić information content (AvgIpc) is 3.05. The van der Waals surface area contributed by atoms with Crippen LogP contribution in [0.4, 0.5) is 0 Å². The van der Waals surface area contributed by atoms with Crippen LogP contribution in [0.3, 0.4) is 0 Å². The van der Waals surface area contributed by atoms with Crippen molar-refractivity contribution in [3.05, 3.63) is 107 Å². The number of carboxylic acids is 1. The Kier molecular flexibility index (Phi) is 5.03. The fourth-order valence-corrected chi connectivity index (χ4v) is 3.89. The minimum absolute atomic E-state index is 0.0757. The first kappa shape index (κ1) is 17.5. The van der Waals surface area contributed by atoms with Crippen LogP contribution in [0.1, 0.15) is 51.1 Å². The van der Waals surface area contributed by atoms with E-state index in [0.717, 1.165) is 24.0 Å². The molecule has 0 aliphatic heterocycles. The molecule has 1 unspecified atom stereocenters. The van der Waals surface area contributed by atoms with E-state index in [0.29, 0.717) is 18.1 Å². The van der Waals surface area contributed by atoms with E-state index < -0.39 is 5.97 Å². The molecule has 136 valence electrons. The molecule has 0 saturated carbocycles. The number of aromatic carboxylic acids is 1. The molecule has 1 aliphatic carbocycles. The molecule has 27 heavy (non-hydrogen) atoms. The number of benzene rings is 3. The highest BCUT2D eigenvalue weighted by atomic mass is 16.5. The van der Waals surface area contributed by atoms with Gasteiger partial charge in [-0.15, -0.1) is 0 Å². The Balaban J connectivity index is 1.59. The van der Waals surface area contributed by atoms with Crippen molar-refractivity contribution in [1.29, 1.82) is 0 Å². The molecule has 3 nitrogen and oxygen atoms in total. The Bertz CT molecular complexity index is 919. The lowest BCUT2D eigenvalue weighted by atomic mass is 9.93. The Labute approximate surface area is 159 Å². The Morgan fingerprint density at radius 3 is 2.22 bits per heavy atom. The van der Waals surface area contributed by atoms with E-state index in [1.54, 1.807) is 12.1 Å². The summed E-state index contributed by atoms with van der Waals surface area (Å²) in [6, 6.07) is 26.0. The number of hydrogen-bond acceptors (Lipinski definition) is 2. The van der Waals surface area contributed by atoms with E-state index in [1.165, 1.54) is 11.1 Å². The van der Waals surface area contributed by atoms with Gasteiger partial charge in [-0.05, 0) is 53.1 Å². The minimum atomic E-state index is -0.897. The molecule has 0 bridgehead atoms. The SMILES string of the molecule is O=C(O)c1ccc2c(c1)C(OCc1ccccc1)C[C@@H]2Cc1ccccc1. The second-order valence-electron chi connectivity index (χ2n) is 7.06. The summed E-state index contributed by atoms with van der Waals surface area (Å²) in [4.78, 5) is 11.4. The maximum absolute atomic E-state index is 11.4. The van der Waals surface area contributed by atoms with E-state index in [1.807, 2.05) is 42.5 Å². The molecule has 2 atom stereocenters. The largest absolute Gasteiger partial charge is 0.478 e. The fraction of sp³-hybridized carbons (Fsp3) is 0.208. The van der Waals surface area contributed by atoms with Gasteiger partial charge >= 0.3 is 5.97 Å². The van der Waals surface area contributed by atoms with Gasteiger partial charge in [-0.1, -0.05) is 66.7 Å². The second kappa shape index (κ2) is 7.77. The predicted molar refractivity (Wildman–Crippen MR) is 105 cm³/mol. The van der Waals surface area contributed by atoms with Crippen molar-refractivity contribution < 1.29 is 14.6 Å². The molecule has 0 spiro atoms. The molecule has 4 rings (SSSR count). The van der Waals surface area contributed by atoms with Gasteiger partial charge in [-0.2, -0.15) is 0 Å². The molecule has 0 radical (unpaired) electrons. The second-order valence-corrected chi connectivity index (χ2v) is 7.06. The molecule has 3 aromatic carbocycles. The van der Waals surface area contributed by atoms with Gasteiger partial charge in [0, 0.05) is 0 Å². The van der Waals surface area contributed by atoms with Gasteiger partial charge < -0.3 is 9.84 Å². The first-order valence-corrected chi connectivity index (χ1v) is 9.27. The Morgan fingerprint density at radius 1 is 0.889 bits per heavy atom. The number of ether oxygens (including phenoxy) is 1. The van der Waals surface area contributed by atoms with E-state index >= 15 is 0 Å². The van der Waals surface area contributed by atoms with Gasteiger partial charge in [0.15, 0.2) is 0 Å². The first-order valence-electron chi connectivity index (χ1n) is 9.27. The fourth-order valence-electron chi connectivity index (χ4n) is 3.89. The quantitative estimate of drug-likeness (QED) is 0.644. The summed E-state index contributed by atoms with van der Waals surface area (Å²) in [6.45, 7) is 0.528. The van der Waals surface area contributed by atoms with Crippen LogP contribution < -0.4 is 0 Å². The van der Waals surface area contributed by atoms with Crippen LogP contribution in [0.2, 0.25) is 0 Å². The number of hydrogen-bond donors (Lipinski definition) is 1. The number of carbonyl (C=O) groups is 1. The lowest BCUT2D eigenvalue weighted by Gasteiger charge is -2.14. The maximum atomic E-state index is 11.4. The highest BCUT2D eigenvalue weighted by Gasteiger charge is 2.32. The van der Waals surface area contributed by atoms with Gasteiger partial charge in [0.25, 0.3) is 0 Å². The molecule has 1 N–H and O–H groups in total. The van der Waals surface area contributed by atoms with Crippen LogP contribution in [-0.2, 0) is 17.8 Å². The molecule has 0 saturated heterocycles. The van der Waals surface area contributed by atoms with Gasteiger partial charge in [0.2, 0.25) is 0 Å². The monoisotopic (exact) mass is 358 g/mol. The van der Waals surface area contributed by atoms with Crippen molar-refractivity contribution in [1.82, 2.24) is 0 Å². The van der Waals surface area contributed by atoms with Crippen LogP contribution >= 0.6 is 0 Å². The van der Waals surface area contributed by atoms with Gasteiger partial charge in [0.1, 0.15) is 0 Å². The van der Waals surface area contributed by atoms with E-state index in [-0.39, 0.29) is 6.10 Å². The summed E-state index contributed by atoms with van der Waals surface area (Å²) in [6.07, 6.45) is 1.74. The predicted octanol–water partition coefficient (Wildman–Crippen LogP) is 5.37. The van der Waals surface area contributed by atoms with Crippen molar-refractivity contribution in [2.75, 3.05) is 0 Å². The first-order chi connectivity index (χ1) is 13.2. The lowest BCUT2D eigenvalue weighted by molar-refractivity contribution is 0.0377. The molecule has 3 aromatic rings. The molecule has 0 amide bonds. The van der Waals surface area contributed by atoms with Crippen LogP contribution in [0.15, 0.2) is 78.9 Å². The summed E-state index contributed by atoms with van der Waals surface area (Å²) in [5.41, 5.74) is 4.97. The average molecular weight is 358 g/mol. The summed E-state index contributed by atoms with van der Waals surface area (Å²) in [5, 5.41) is 9.37. The third kappa shape index (κ3) is 3.93. The van der Waals surface area contributed by atoms with Crippen molar-refractivity contribution in [2.45, 2.75) is 31.5 Å². The summed E-state index contributed by atoms with van der Waals surface area (Å²) in [7, 11) is 0. The number of rotatable bonds is 6. The highest BCUT2D eigenvalue weighted by molar-refractivity contribution is 5.88. The Morgan fingerprint density at radius 2 is 1.56 bits per heavy atom. The van der Waals surface area contributed by atoms with Gasteiger partial charge in [-0.3, -0.25) is 0 Å². The van der Waals surface area contributed by atoms with Crippen LogP contribution in [0.5, 0.6) is 0 Å². The zero-order valence-corrected chi connectivity index (χ0v) is 15.0. The van der Waals surface area contributed by atoms with Crippen LogP contribution in [-0.4, -0.2) is 11.1 Å². The molecule has 0 aromatic heterocycles. The zero-order chi connectivity index (χ0) is 18.6. The van der Waals surface area contributed by atoms with Crippen molar-refractivity contribution in [2.24, 2.45) is 0 Å². The van der Waals surface area contributed by atoms with E-state index in [2.05, 4.69) is 24.3 Å². The maximum Gasteiger partial charge on any atom is 0.335 e. The number of fused-ring (bicyclic) bond motifs is 1. The zero-order valence-electron chi connectivity index (χ0n) is 15.0. The molecule has 0 fully saturated rings. The molecular weight excluding hydrogens is 336 g/mol. The summed E-state index contributed by atoms with van der Waals surface area (Å²) >= 11 is 0. The highest BCUT2D eigenvalue weighted by Crippen LogP contribution is 2.44. The molecule has 0 heterocycles. The normalized spacial score (nSPS) is 18.2. The third-order valence-corrected chi connectivity index (χ3v) is 5.24. The Hall–Kier alpha value is -2.91. The minimum Gasteiger partial charge on any atom is -0.478 e.